The summed E-state index contributed by atoms with van der Waals surface area (Å²) in [6.45, 7) is 1.29. The monoisotopic (exact) mass is 215 g/mol. The van der Waals surface area contributed by atoms with Crippen molar-refractivity contribution in [2.24, 2.45) is 0 Å². The molecule has 14 heavy (non-hydrogen) atoms. The summed E-state index contributed by atoms with van der Waals surface area (Å²) in [6.07, 6.45) is 0.267. The van der Waals surface area contributed by atoms with Crippen LogP contribution < -0.4 is 0 Å². The normalized spacial score (nSPS) is 11.6. The molecule has 0 saturated carbocycles. The Labute approximate surface area is 82.9 Å². The molecular formula is C9H11O4S. The molecule has 0 fully saturated rings. The Morgan fingerprint density at radius 3 is 2.50 bits per heavy atom. The van der Waals surface area contributed by atoms with E-state index in [1.165, 1.54) is 6.07 Å². The van der Waals surface area contributed by atoms with Crippen molar-refractivity contribution in [1.82, 2.24) is 0 Å². The second-order valence-electron chi connectivity index (χ2n) is 3.03. The minimum absolute atomic E-state index is 0.122. The molecule has 0 aliphatic heterocycles. The van der Waals surface area contributed by atoms with Crippen LogP contribution in [0.2, 0.25) is 0 Å². The third-order valence-electron chi connectivity index (χ3n) is 1.92. The molecule has 77 valence electrons. The van der Waals surface area contributed by atoms with Crippen molar-refractivity contribution in [1.29, 1.82) is 0 Å². The van der Waals surface area contributed by atoms with E-state index in [9.17, 15) is 13.5 Å². The van der Waals surface area contributed by atoms with Gasteiger partial charge in [-0.15, -0.1) is 0 Å². The molecule has 0 saturated heterocycles. The zero-order valence-electron chi connectivity index (χ0n) is 7.73. The first-order valence-corrected chi connectivity index (χ1v) is 5.54. The molecule has 1 radical (unpaired) electrons. The van der Waals surface area contributed by atoms with Gasteiger partial charge in [0.05, 0.1) is 11.5 Å². The standard InChI is InChI=1S/C9H11O4S/c1-7-2-3-8(4-5-10)6-9(7)14(11,12)13/h2-3,6H,4-5H2,1H3,(H,11,12,13). The van der Waals surface area contributed by atoms with Crippen molar-refractivity contribution in [3.8, 4) is 0 Å². The van der Waals surface area contributed by atoms with E-state index < -0.39 is 10.1 Å². The zero-order chi connectivity index (χ0) is 10.8. The molecule has 0 spiro atoms. The molecule has 1 aromatic carbocycles. The first-order valence-electron chi connectivity index (χ1n) is 4.10. The van der Waals surface area contributed by atoms with E-state index in [1.54, 1.807) is 19.1 Å². The fourth-order valence-electron chi connectivity index (χ4n) is 1.20. The van der Waals surface area contributed by atoms with Crippen LogP contribution >= 0.6 is 0 Å². The van der Waals surface area contributed by atoms with E-state index in [0.717, 1.165) is 0 Å². The van der Waals surface area contributed by atoms with Crippen LogP contribution in [0.3, 0.4) is 0 Å². The van der Waals surface area contributed by atoms with Gasteiger partial charge in [0.1, 0.15) is 0 Å². The largest absolute Gasteiger partial charge is 0.294 e. The van der Waals surface area contributed by atoms with Gasteiger partial charge in [0, 0.05) is 0 Å². The highest BCUT2D eigenvalue weighted by Crippen LogP contribution is 2.16. The molecule has 0 atom stereocenters. The first kappa shape index (κ1) is 11.2. The molecule has 0 bridgehead atoms. The molecule has 0 aliphatic rings. The summed E-state index contributed by atoms with van der Waals surface area (Å²) in [6, 6.07) is 4.60. The molecule has 1 aromatic rings. The molecule has 0 heterocycles. The van der Waals surface area contributed by atoms with Gasteiger partial charge in [-0.25, -0.2) is 5.11 Å². The summed E-state index contributed by atoms with van der Waals surface area (Å²) in [5.41, 5.74) is 1.10. The van der Waals surface area contributed by atoms with Crippen molar-refractivity contribution in [2.75, 3.05) is 6.61 Å². The SMILES string of the molecule is Cc1ccc(CC[O])cc1S(=O)(=O)O. The maximum atomic E-state index is 10.9. The highest BCUT2D eigenvalue weighted by Gasteiger charge is 2.13. The minimum atomic E-state index is -4.18. The van der Waals surface area contributed by atoms with Crippen LogP contribution in [0.1, 0.15) is 11.1 Å². The van der Waals surface area contributed by atoms with Crippen LogP contribution in [0.4, 0.5) is 0 Å². The lowest BCUT2D eigenvalue weighted by atomic mass is 10.1. The number of rotatable bonds is 3. The number of aryl methyl sites for hydroxylation is 1. The van der Waals surface area contributed by atoms with Crippen LogP contribution in [0.5, 0.6) is 0 Å². The molecule has 0 amide bonds. The average Bonchev–Trinajstić information content (AvgIpc) is 2.07. The van der Waals surface area contributed by atoms with Gasteiger partial charge >= 0.3 is 0 Å². The van der Waals surface area contributed by atoms with Crippen LogP contribution in [0, 0.1) is 6.92 Å². The fraction of sp³-hybridized carbons (Fsp3) is 0.333. The van der Waals surface area contributed by atoms with Crippen LogP contribution in [-0.2, 0) is 21.6 Å². The molecule has 0 unspecified atom stereocenters. The summed E-state index contributed by atoms with van der Waals surface area (Å²) in [4.78, 5) is -0.122. The lowest BCUT2D eigenvalue weighted by Crippen LogP contribution is -2.02. The molecule has 1 rings (SSSR count). The summed E-state index contributed by atoms with van der Waals surface area (Å²) < 4.78 is 30.6. The van der Waals surface area contributed by atoms with Gasteiger partial charge in [0.2, 0.25) is 0 Å². The highest BCUT2D eigenvalue weighted by atomic mass is 32.2. The number of hydrogen-bond donors (Lipinski definition) is 1. The van der Waals surface area contributed by atoms with Crippen molar-refractivity contribution in [2.45, 2.75) is 18.2 Å². The molecule has 5 heteroatoms. The second-order valence-corrected chi connectivity index (χ2v) is 4.42. The van der Waals surface area contributed by atoms with Gasteiger partial charge in [0.25, 0.3) is 10.1 Å². The van der Waals surface area contributed by atoms with Gasteiger partial charge < -0.3 is 0 Å². The van der Waals surface area contributed by atoms with Crippen LogP contribution in [0.15, 0.2) is 23.1 Å². The maximum absolute atomic E-state index is 10.9. The topological polar surface area (TPSA) is 74.3 Å². The Morgan fingerprint density at radius 1 is 1.36 bits per heavy atom. The van der Waals surface area contributed by atoms with E-state index in [2.05, 4.69) is 0 Å². The summed E-state index contributed by atoms with van der Waals surface area (Å²) >= 11 is 0. The molecule has 0 aliphatic carbocycles. The minimum Gasteiger partial charge on any atom is -0.282 e. The van der Waals surface area contributed by atoms with Gasteiger partial charge in [-0.05, 0) is 30.5 Å². The molecule has 0 aromatic heterocycles. The predicted molar refractivity (Wildman–Crippen MR) is 50.3 cm³/mol. The molecule has 4 nitrogen and oxygen atoms in total. The Kier molecular flexibility index (Phi) is 3.25. The number of benzene rings is 1. The molecule has 1 N–H and O–H groups in total. The summed E-state index contributed by atoms with van der Waals surface area (Å²) in [5, 5.41) is 10.3. The van der Waals surface area contributed by atoms with E-state index in [-0.39, 0.29) is 17.9 Å². The van der Waals surface area contributed by atoms with Gasteiger partial charge in [-0.1, -0.05) is 12.1 Å². The average molecular weight is 215 g/mol. The Morgan fingerprint density at radius 2 is 2.00 bits per heavy atom. The van der Waals surface area contributed by atoms with E-state index in [0.29, 0.717) is 11.1 Å². The lowest BCUT2D eigenvalue weighted by Gasteiger charge is -2.04. The van der Waals surface area contributed by atoms with Crippen LogP contribution in [-0.4, -0.2) is 19.6 Å². The van der Waals surface area contributed by atoms with Gasteiger partial charge in [-0.3, -0.25) is 4.55 Å². The van der Waals surface area contributed by atoms with Crippen molar-refractivity contribution >= 4 is 10.1 Å². The smallest absolute Gasteiger partial charge is 0.282 e. The lowest BCUT2D eigenvalue weighted by molar-refractivity contribution is 0.197. The Hall–Kier alpha value is -0.910. The Bertz CT molecular complexity index is 422. The zero-order valence-corrected chi connectivity index (χ0v) is 8.54. The summed E-state index contributed by atoms with van der Waals surface area (Å²) in [7, 11) is -4.18. The molecular weight excluding hydrogens is 204 g/mol. The fourth-order valence-corrected chi connectivity index (χ4v) is 1.97. The van der Waals surface area contributed by atoms with Crippen molar-refractivity contribution < 1.29 is 18.1 Å². The highest BCUT2D eigenvalue weighted by molar-refractivity contribution is 7.85. The quantitative estimate of drug-likeness (QED) is 0.770. The first-order chi connectivity index (χ1) is 6.45. The van der Waals surface area contributed by atoms with E-state index in [4.69, 9.17) is 4.55 Å². The maximum Gasteiger partial charge on any atom is 0.294 e. The van der Waals surface area contributed by atoms with Crippen LogP contribution in [0.25, 0.3) is 0 Å². The Balaban J connectivity index is 3.22. The van der Waals surface area contributed by atoms with Gasteiger partial charge in [0.15, 0.2) is 0 Å². The third-order valence-corrected chi connectivity index (χ3v) is 2.92. The van der Waals surface area contributed by atoms with E-state index in [1.807, 2.05) is 0 Å². The summed E-state index contributed by atoms with van der Waals surface area (Å²) in [5.74, 6) is 0. The number of hydrogen-bond acceptors (Lipinski definition) is 2. The predicted octanol–water partition coefficient (Wildman–Crippen LogP) is 1.21. The van der Waals surface area contributed by atoms with Crippen molar-refractivity contribution in [3.63, 3.8) is 0 Å². The van der Waals surface area contributed by atoms with Crippen molar-refractivity contribution in [3.05, 3.63) is 29.3 Å². The van der Waals surface area contributed by atoms with E-state index >= 15 is 0 Å². The second kappa shape index (κ2) is 4.08. The third kappa shape index (κ3) is 2.54. The van der Waals surface area contributed by atoms with Gasteiger partial charge in [-0.2, -0.15) is 8.42 Å².